The van der Waals surface area contributed by atoms with Crippen LogP contribution in [0, 0.1) is 5.82 Å². The van der Waals surface area contributed by atoms with Crippen LogP contribution in [0.1, 0.15) is 34.5 Å². The molecule has 150 valence electrons. The number of benzene rings is 1. The van der Waals surface area contributed by atoms with Gasteiger partial charge in [0.25, 0.3) is 0 Å². The molecule has 5 nitrogen and oxygen atoms in total. The molecule has 0 fully saturated rings. The highest BCUT2D eigenvalue weighted by molar-refractivity contribution is 9.10. The highest BCUT2D eigenvalue weighted by Gasteiger charge is 2.38. The lowest BCUT2D eigenvalue weighted by Gasteiger charge is -2.39. The van der Waals surface area contributed by atoms with Crippen LogP contribution in [0.3, 0.4) is 0 Å². The summed E-state index contributed by atoms with van der Waals surface area (Å²) in [6.07, 6.45) is 2.36. The predicted octanol–water partition coefficient (Wildman–Crippen LogP) is 4.30. The van der Waals surface area contributed by atoms with E-state index >= 15 is 0 Å². The number of aromatic nitrogens is 1. The Kier molecular flexibility index (Phi) is 6.58. The number of likely N-dealkylation sites (N-methyl/N-ethyl adjacent to an activating group) is 1. The molecule has 0 spiro atoms. The Hall–Kier alpha value is -1.70. The first-order valence-electron chi connectivity index (χ1n) is 8.91. The zero-order valence-corrected chi connectivity index (χ0v) is 18.0. The number of methoxy groups -OCH3 is 1. The molecule has 0 amide bonds. The number of fused-ring (bicyclic) bond motifs is 1. The van der Waals surface area contributed by atoms with Crippen LogP contribution in [0.25, 0.3) is 0 Å². The minimum atomic E-state index is -0.521. The van der Waals surface area contributed by atoms with Gasteiger partial charge in [0.05, 0.1) is 18.7 Å². The van der Waals surface area contributed by atoms with Crippen molar-refractivity contribution >= 4 is 33.5 Å². The Morgan fingerprint density at radius 1 is 1.39 bits per heavy atom. The van der Waals surface area contributed by atoms with Crippen LogP contribution in [0.5, 0.6) is 5.75 Å². The third-order valence-corrected chi connectivity index (χ3v) is 5.94. The molecule has 1 aliphatic rings. The normalized spacial score (nSPS) is 18.5. The van der Waals surface area contributed by atoms with Crippen molar-refractivity contribution in [1.29, 1.82) is 0 Å². The molecule has 1 aromatic carbocycles. The van der Waals surface area contributed by atoms with Gasteiger partial charge in [-0.15, -0.1) is 0 Å². The lowest BCUT2D eigenvalue weighted by Crippen LogP contribution is -2.45. The summed E-state index contributed by atoms with van der Waals surface area (Å²) in [7, 11) is 3.17. The monoisotopic (exact) mass is 470 g/mol. The highest BCUT2D eigenvalue weighted by Crippen LogP contribution is 2.40. The largest absolute Gasteiger partial charge is 0.490 e. The van der Waals surface area contributed by atoms with Gasteiger partial charge in [-0.3, -0.25) is 0 Å². The van der Waals surface area contributed by atoms with Crippen molar-refractivity contribution in [2.24, 2.45) is 0 Å². The van der Waals surface area contributed by atoms with Gasteiger partial charge in [-0.05, 0) is 71.6 Å². The number of ether oxygens (including phenoxy) is 2. The summed E-state index contributed by atoms with van der Waals surface area (Å²) >= 11 is 9.33. The van der Waals surface area contributed by atoms with Crippen LogP contribution in [-0.4, -0.2) is 38.3 Å². The first kappa shape index (κ1) is 21.0. The second-order valence-electron chi connectivity index (χ2n) is 6.82. The van der Waals surface area contributed by atoms with Gasteiger partial charge in [0.2, 0.25) is 0 Å². The number of hydrogen-bond acceptors (Lipinski definition) is 5. The molecule has 0 saturated heterocycles. The van der Waals surface area contributed by atoms with Gasteiger partial charge in [-0.1, -0.05) is 17.7 Å². The van der Waals surface area contributed by atoms with Crippen molar-refractivity contribution in [1.82, 2.24) is 10.3 Å². The molecule has 2 aromatic rings. The van der Waals surface area contributed by atoms with Gasteiger partial charge in [0.15, 0.2) is 5.75 Å². The topological polar surface area (TPSA) is 60.5 Å². The molecule has 0 bridgehead atoms. The molecule has 3 rings (SSSR count). The Labute approximate surface area is 176 Å². The maximum Gasteiger partial charge on any atom is 0.356 e. The van der Waals surface area contributed by atoms with E-state index < -0.39 is 11.4 Å². The fourth-order valence-corrected chi connectivity index (χ4v) is 4.37. The first-order chi connectivity index (χ1) is 13.4. The third-order valence-electron chi connectivity index (χ3n) is 5.08. The Bertz CT molecular complexity index is 896. The predicted molar refractivity (Wildman–Crippen MR) is 109 cm³/mol. The summed E-state index contributed by atoms with van der Waals surface area (Å²) < 4.78 is 25.8. The molecular weight excluding hydrogens is 451 g/mol. The second-order valence-corrected chi connectivity index (χ2v) is 7.98. The maximum absolute atomic E-state index is 14.6. The molecule has 1 heterocycles. The van der Waals surface area contributed by atoms with Crippen LogP contribution in [0.2, 0.25) is 5.02 Å². The number of esters is 1. The lowest BCUT2D eigenvalue weighted by molar-refractivity contribution is 0.0593. The van der Waals surface area contributed by atoms with Gasteiger partial charge in [0, 0.05) is 12.0 Å². The zero-order valence-electron chi connectivity index (χ0n) is 15.7. The summed E-state index contributed by atoms with van der Waals surface area (Å²) in [5.74, 6) is -0.359. The van der Waals surface area contributed by atoms with Crippen molar-refractivity contribution in [3.63, 3.8) is 0 Å². The van der Waals surface area contributed by atoms with Crippen LogP contribution < -0.4 is 10.1 Å². The van der Waals surface area contributed by atoms with Gasteiger partial charge in [-0.25, -0.2) is 14.2 Å². The quantitative estimate of drug-likeness (QED) is 0.503. The second kappa shape index (κ2) is 8.76. The lowest BCUT2D eigenvalue weighted by atomic mass is 9.70. The zero-order chi connectivity index (χ0) is 20.3. The van der Waals surface area contributed by atoms with Gasteiger partial charge in [-0.2, -0.15) is 0 Å². The summed E-state index contributed by atoms with van der Waals surface area (Å²) in [4.78, 5) is 15.8. The third kappa shape index (κ3) is 4.02. The van der Waals surface area contributed by atoms with Gasteiger partial charge < -0.3 is 14.8 Å². The average molecular weight is 472 g/mol. The molecule has 1 aromatic heterocycles. The van der Waals surface area contributed by atoms with E-state index in [0.29, 0.717) is 35.5 Å². The molecule has 1 aliphatic carbocycles. The van der Waals surface area contributed by atoms with Crippen LogP contribution >= 0.6 is 27.5 Å². The van der Waals surface area contributed by atoms with E-state index in [9.17, 15) is 9.18 Å². The number of nitrogens with zero attached hydrogens (tertiary/aromatic N) is 1. The van der Waals surface area contributed by atoms with Crippen molar-refractivity contribution in [2.45, 2.75) is 24.7 Å². The van der Waals surface area contributed by atoms with E-state index in [-0.39, 0.29) is 16.5 Å². The van der Waals surface area contributed by atoms with E-state index in [4.69, 9.17) is 16.3 Å². The molecule has 8 heteroatoms. The number of nitrogens with one attached hydrogen (secondary N) is 1. The van der Waals surface area contributed by atoms with Crippen molar-refractivity contribution in [2.75, 3.05) is 27.3 Å². The Morgan fingerprint density at radius 2 is 2.18 bits per heavy atom. The van der Waals surface area contributed by atoms with Crippen molar-refractivity contribution in [3.8, 4) is 5.75 Å². The molecule has 1 unspecified atom stereocenters. The number of carbonyl (C=O) groups is 1. The van der Waals surface area contributed by atoms with Crippen LogP contribution in [0.4, 0.5) is 4.39 Å². The number of hydrogen-bond donors (Lipinski definition) is 1. The molecule has 0 aliphatic heterocycles. The van der Waals surface area contributed by atoms with E-state index in [2.05, 4.69) is 31.0 Å². The average Bonchev–Trinajstić information content (AvgIpc) is 2.70. The summed E-state index contributed by atoms with van der Waals surface area (Å²) in [5, 5.41) is 3.36. The molecule has 1 N–H and O–H groups in total. The van der Waals surface area contributed by atoms with Crippen molar-refractivity contribution in [3.05, 3.63) is 56.5 Å². The van der Waals surface area contributed by atoms with Crippen LogP contribution in [-0.2, 0) is 16.6 Å². The van der Waals surface area contributed by atoms with Gasteiger partial charge >= 0.3 is 5.97 Å². The molecular formula is C20H21BrClFN2O3. The fourth-order valence-electron chi connectivity index (χ4n) is 3.76. The Morgan fingerprint density at radius 3 is 2.86 bits per heavy atom. The number of halogens is 3. The van der Waals surface area contributed by atoms with E-state index in [1.165, 1.54) is 7.11 Å². The summed E-state index contributed by atoms with van der Waals surface area (Å²) in [6.45, 7) is 0.964. The Balaban J connectivity index is 1.90. The van der Waals surface area contributed by atoms with E-state index in [1.54, 1.807) is 18.2 Å². The minimum absolute atomic E-state index is 0.144. The number of pyridine rings is 1. The van der Waals surface area contributed by atoms with Crippen molar-refractivity contribution < 1.29 is 18.7 Å². The summed E-state index contributed by atoms with van der Waals surface area (Å²) in [6, 6.07) is 6.72. The maximum atomic E-state index is 14.6. The molecule has 0 saturated carbocycles. The fraction of sp³-hybridized carbons (Fsp3) is 0.400. The standard InChI is InChI=1S/C20H21BrClFN2O3/c1-24-10-20(9-3-4-12-13(20)5-6-14(22)17(12)23)11-28-16-8-7-15(19(26)27-2)25-18(16)21/h5-8,24H,3-4,9-11H2,1-2H3. The number of rotatable bonds is 6. The number of carbonyl (C=O) groups excluding carboxylic acids is 1. The van der Waals surface area contributed by atoms with Gasteiger partial charge in [0.1, 0.15) is 16.1 Å². The smallest absolute Gasteiger partial charge is 0.356 e. The van der Waals surface area contributed by atoms with Crippen LogP contribution in [0.15, 0.2) is 28.9 Å². The molecule has 1 atom stereocenters. The first-order valence-corrected chi connectivity index (χ1v) is 10.1. The molecule has 28 heavy (non-hydrogen) atoms. The molecule has 0 radical (unpaired) electrons. The van der Waals surface area contributed by atoms with E-state index in [1.807, 2.05) is 13.1 Å². The highest BCUT2D eigenvalue weighted by atomic mass is 79.9. The minimum Gasteiger partial charge on any atom is -0.490 e. The summed E-state index contributed by atoms with van der Waals surface area (Å²) in [5.41, 5.74) is 1.38. The van der Waals surface area contributed by atoms with E-state index in [0.717, 1.165) is 18.4 Å². The SMILES string of the molecule is CNCC1(COc2ccc(C(=O)OC)nc2Br)CCCc2c1ccc(Cl)c2F.